The number of piperazine rings is 1. The molecule has 0 atom stereocenters. The SMILES string of the molecule is N#Cc1ccc2nc(NC3CC3)c(N3CCN(C(=O)c4ccc(F)c(Br)c4)CC3)nc2c1. The molecule has 2 fully saturated rings. The largest absolute Gasteiger partial charge is 0.364 e. The molecule has 1 amide bonds. The van der Waals surface area contributed by atoms with Gasteiger partial charge in [0.25, 0.3) is 5.91 Å². The van der Waals surface area contributed by atoms with Crippen molar-refractivity contribution >= 4 is 44.5 Å². The van der Waals surface area contributed by atoms with Gasteiger partial charge in [0.2, 0.25) is 0 Å². The zero-order valence-electron chi connectivity index (χ0n) is 17.2. The molecule has 7 nitrogen and oxygen atoms in total. The zero-order chi connectivity index (χ0) is 22.2. The first-order valence-electron chi connectivity index (χ1n) is 10.5. The third kappa shape index (κ3) is 4.10. The first-order valence-corrected chi connectivity index (χ1v) is 11.3. The fraction of sp³-hybridized carbons (Fsp3) is 0.304. The van der Waals surface area contributed by atoms with Crippen molar-refractivity contribution in [1.82, 2.24) is 14.9 Å². The first-order chi connectivity index (χ1) is 15.5. The summed E-state index contributed by atoms with van der Waals surface area (Å²) >= 11 is 3.14. The number of nitrogens with zero attached hydrogens (tertiary/aromatic N) is 5. The second-order valence-corrected chi connectivity index (χ2v) is 8.89. The Morgan fingerprint density at radius 2 is 1.88 bits per heavy atom. The fourth-order valence-electron chi connectivity index (χ4n) is 3.79. The van der Waals surface area contributed by atoms with E-state index in [1.54, 1.807) is 17.0 Å². The molecule has 1 N–H and O–H groups in total. The number of aromatic nitrogens is 2. The van der Waals surface area contributed by atoms with Crippen LogP contribution < -0.4 is 10.2 Å². The molecule has 0 spiro atoms. The van der Waals surface area contributed by atoms with Gasteiger partial charge in [-0.25, -0.2) is 14.4 Å². The lowest BCUT2D eigenvalue weighted by Crippen LogP contribution is -2.49. The van der Waals surface area contributed by atoms with Gasteiger partial charge in [-0.15, -0.1) is 0 Å². The molecular weight excluding hydrogens is 475 g/mol. The molecule has 162 valence electrons. The fourth-order valence-corrected chi connectivity index (χ4v) is 4.16. The average molecular weight is 495 g/mol. The quantitative estimate of drug-likeness (QED) is 0.591. The van der Waals surface area contributed by atoms with Crippen molar-refractivity contribution in [3.05, 3.63) is 57.8 Å². The number of anilines is 2. The molecule has 3 aromatic rings. The number of fused-ring (bicyclic) bond motifs is 1. The van der Waals surface area contributed by atoms with Crippen LogP contribution in [0.3, 0.4) is 0 Å². The molecule has 5 rings (SSSR count). The number of amides is 1. The Morgan fingerprint density at radius 3 is 2.56 bits per heavy atom. The van der Waals surface area contributed by atoms with Crippen LogP contribution >= 0.6 is 15.9 Å². The minimum absolute atomic E-state index is 0.120. The molecular formula is C23H20BrFN6O. The maximum atomic E-state index is 13.5. The summed E-state index contributed by atoms with van der Waals surface area (Å²) < 4.78 is 13.8. The van der Waals surface area contributed by atoms with E-state index in [0.29, 0.717) is 48.9 Å². The predicted molar refractivity (Wildman–Crippen MR) is 123 cm³/mol. The van der Waals surface area contributed by atoms with Crippen molar-refractivity contribution in [2.75, 3.05) is 36.4 Å². The molecule has 1 saturated carbocycles. The van der Waals surface area contributed by atoms with Gasteiger partial charge >= 0.3 is 0 Å². The van der Waals surface area contributed by atoms with Crippen molar-refractivity contribution in [2.24, 2.45) is 0 Å². The summed E-state index contributed by atoms with van der Waals surface area (Å²) in [7, 11) is 0. The topological polar surface area (TPSA) is 85.2 Å². The van der Waals surface area contributed by atoms with Crippen LogP contribution in [0.25, 0.3) is 11.0 Å². The molecule has 9 heteroatoms. The van der Waals surface area contributed by atoms with Crippen LogP contribution in [0.1, 0.15) is 28.8 Å². The van der Waals surface area contributed by atoms with Gasteiger partial charge < -0.3 is 15.1 Å². The number of nitriles is 1. The van der Waals surface area contributed by atoms with Gasteiger partial charge in [-0.3, -0.25) is 4.79 Å². The molecule has 2 heterocycles. The third-order valence-corrected chi connectivity index (χ3v) is 6.33. The van der Waals surface area contributed by atoms with Crippen LogP contribution in [0.4, 0.5) is 16.0 Å². The smallest absolute Gasteiger partial charge is 0.254 e. The van der Waals surface area contributed by atoms with Crippen molar-refractivity contribution < 1.29 is 9.18 Å². The molecule has 32 heavy (non-hydrogen) atoms. The summed E-state index contributed by atoms with van der Waals surface area (Å²) in [5.41, 5.74) is 2.42. The predicted octanol–water partition coefficient (Wildman–Crippen LogP) is 3.94. The van der Waals surface area contributed by atoms with E-state index in [4.69, 9.17) is 9.97 Å². The van der Waals surface area contributed by atoms with Crippen LogP contribution in [0, 0.1) is 17.1 Å². The Labute approximate surface area is 193 Å². The van der Waals surface area contributed by atoms with Gasteiger partial charge in [0.05, 0.1) is 27.1 Å². The first kappa shape index (κ1) is 20.6. The molecule has 1 aromatic heterocycles. The number of nitrogens with one attached hydrogen (secondary N) is 1. The van der Waals surface area contributed by atoms with Gasteiger partial charge in [0.1, 0.15) is 5.82 Å². The van der Waals surface area contributed by atoms with E-state index in [1.165, 1.54) is 18.2 Å². The van der Waals surface area contributed by atoms with E-state index in [1.807, 2.05) is 6.07 Å². The zero-order valence-corrected chi connectivity index (χ0v) is 18.8. The van der Waals surface area contributed by atoms with Gasteiger partial charge in [0, 0.05) is 37.8 Å². The lowest BCUT2D eigenvalue weighted by molar-refractivity contribution is 0.0746. The molecule has 0 bridgehead atoms. The lowest BCUT2D eigenvalue weighted by Gasteiger charge is -2.36. The van der Waals surface area contributed by atoms with E-state index in [2.05, 4.69) is 32.2 Å². The summed E-state index contributed by atoms with van der Waals surface area (Å²) in [4.78, 5) is 26.4. The highest BCUT2D eigenvalue weighted by Gasteiger charge is 2.28. The normalized spacial score (nSPS) is 16.2. The molecule has 2 aliphatic rings. The summed E-state index contributed by atoms with van der Waals surface area (Å²) in [5, 5.41) is 12.7. The number of benzene rings is 2. The molecule has 0 unspecified atom stereocenters. The summed E-state index contributed by atoms with van der Waals surface area (Å²) in [6.07, 6.45) is 2.23. The number of hydrogen-bond acceptors (Lipinski definition) is 6. The summed E-state index contributed by atoms with van der Waals surface area (Å²) in [5.74, 6) is 0.976. The monoisotopic (exact) mass is 494 g/mol. The highest BCUT2D eigenvalue weighted by atomic mass is 79.9. The van der Waals surface area contributed by atoms with Crippen LogP contribution in [0.2, 0.25) is 0 Å². The number of halogens is 2. The molecule has 1 aliphatic carbocycles. The molecule has 0 radical (unpaired) electrons. The average Bonchev–Trinajstić information content (AvgIpc) is 3.64. The highest BCUT2D eigenvalue weighted by Crippen LogP contribution is 2.31. The summed E-state index contributed by atoms with van der Waals surface area (Å²) in [6.45, 7) is 2.25. The minimum Gasteiger partial charge on any atom is -0.364 e. The van der Waals surface area contributed by atoms with Gasteiger partial charge in [-0.2, -0.15) is 5.26 Å². The van der Waals surface area contributed by atoms with Gasteiger partial charge in [-0.1, -0.05) is 0 Å². The van der Waals surface area contributed by atoms with Crippen molar-refractivity contribution in [2.45, 2.75) is 18.9 Å². The Kier molecular flexibility index (Phi) is 5.39. The Morgan fingerprint density at radius 1 is 1.09 bits per heavy atom. The van der Waals surface area contributed by atoms with Crippen molar-refractivity contribution in [1.29, 1.82) is 5.26 Å². The van der Waals surface area contributed by atoms with E-state index < -0.39 is 5.82 Å². The maximum absolute atomic E-state index is 13.5. The Hall–Kier alpha value is -3.25. The second-order valence-electron chi connectivity index (χ2n) is 8.04. The highest BCUT2D eigenvalue weighted by molar-refractivity contribution is 9.10. The molecule has 1 saturated heterocycles. The van der Waals surface area contributed by atoms with E-state index >= 15 is 0 Å². The number of hydrogen-bond donors (Lipinski definition) is 1. The molecule has 1 aliphatic heterocycles. The van der Waals surface area contributed by atoms with Crippen LogP contribution in [-0.2, 0) is 0 Å². The number of carbonyl (C=O) groups excluding carboxylic acids is 1. The Bertz CT molecular complexity index is 1250. The lowest BCUT2D eigenvalue weighted by atomic mass is 10.1. The van der Waals surface area contributed by atoms with Gasteiger partial charge in [-0.05, 0) is 65.2 Å². The minimum atomic E-state index is -0.392. The van der Waals surface area contributed by atoms with E-state index in [0.717, 1.165) is 30.0 Å². The van der Waals surface area contributed by atoms with Crippen LogP contribution in [-0.4, -0.2) is 53.0 Å². The summed E-state index contributed by atoms with van der Waals surface area (Å²) in [6, 6.07) is 12.2. The number of rotatable bonds is 4. The maximum Gasteiger partial charge on any atom is 0.254 e. The third-order valence-electron chi connectivity index (χ3n) is 5.73. The second kappa shape index (κ2) is 8.36. The van der Waals surface area contributed by atoms with Crippen molar-refractivity contribution in [3.8, 4) is 6.07 Å². The van der Waals surface area contributed by atoms with Crippen LogP contribution in [0.5, 0.6) is 0 Å². The number of carbonyl (C=O) groups is 1. The standard InChI is InChI=1S/C23H20BrFN6O/c24-17-12-15(2-5-18(17)25)23(32)31-9-7-30(8-10-31)22-21(27-16-3-4-16)28-19-6-1-14(13-26)11-20(19)29-22/h1-2,5-6,11-12,16H,3-4,7-10H2,(H,27,28). The van der Waals surface area contributed by atoms with Crippen LogP contribution in [0.15, 0.2) is 40.9 Å². The molecule has 2 aromatic carbocycles. The van der Waals surface area contributed by atoms with Crippen molar-refractivity contribution in [3.63, 3.8) is 0 Å². The van der Waals surface area contributed by atoms with Gasteiger partial charge in [0.15, 0.2) is 11.6 Å². The Balaban J connectivity index is 1.38. The van der Waals surface area contributed by atoms with E-state index in [-0.39, 0.29) is 10.4 Å². The van der Waals surface area contributed by atoms with E-state index in [9.17, 15) is 14.4 Å².